The Kier molecular flexibility index (Phi) is 5.17. The van der Waals surface area contributed by atoms with Crippen molar-refractivity contribution < 1.29 is 9.59 Å². The summed E-state index contributed by atoms with van der Waals surface area (Å²) in [5, 5.41) is 7.58. The van der Waals surface area contributed by atoms with Gasteiger partial charge in [0.05, 0.1) is 11.7 Å². The number of carbonyl (C=O) groups is 2. The molecule has 2 fully saturated rings. The predicted octanol–water partition coefficient (Wildman–Crippen LogP) is 1.72. The van der Waals surface area contributed by atoms with Crippen molar-refractivity contribution in [3.8, 4) is 0 Å². The predicted molar refractivity (Wildman–Crippen MR) is 110 cm³/mol. The van der Waals surface area contributed by atoms with E-state index >= 15 is 0 Å². The molecule has 3 heterocycles. The van der Waals surface area contributed by atoms with Gasteiger partial charge >= 0.3 is 0 Å². The van der Waals surface area contributed by atoms with Crippen LogP contribution in [-0.2, 0) is 23.2 Å². The highest BCUT2D eigenvalue weighted by Gasteiger charge is 2.56. The number of likely N-dealkylation sites (tertiary alicyclic amines) is 2. The van der Waals surface area contributed by atoms with E-state index in [2.05, 4.69) is 39.6 Å². The van der Waals surface area contributed by atoms with Crippen molar-refractivity contribution >= 4 is 11.8 Å². The number of aromatic nitrogens is 2. The van der Waals surface area contributed by atoms with Crippen LogP contribution >= 0.6 is 0 Å². The van der Waals surface area contributed by atoms with E-state index in [9.17, 15) is 9.59 Å². The average Bonchev–Trinajstić information content (AvgIpc) is 3.21. The van der Waals surface area contributed by atoms with Gasteiger partial charge in [-0.1, -0.05) is 30.3 Å². The van der Waals surface area contributed by atoms with Crippen molar-refractivity contribution in [2.45, 2.75) is 38.4 Å². The number of piperidine rings is 1. The molecule has 4 rings (SSSR count). The summed E-state index contributed by atoms with van der Waals surface area (Å²) in [5.74, 6) is 0.256. The van der Waals surface area contributed by atoms with Crippen molar-refractivity contribution in [2.75, 3.05) is 19.6 Å². The molecule has 0 spiro atoms. The van der Waals surface area contributed by atoms with Crippen LogP contribution in [0.3, 0.4) is 0 Å². The van der Waals surface area contributed by atoms with Crippen LogP contribution < -0.4 is 5.32 Å². The third-order valence-corrected chi connectivity index (χ3v) is 6.31. The fourth-order valence-electron chi connectivity index (χ4n) is 5.28. The smallest absolute Gasteiger partial charge is 0.219 e. The van der Waals surface area contributed by atoms with E-state index in [0.29, 0.717) is 13.1 Å². The lowest BCUT2D eigenvalue weighted by atomic mass is 9.75. The summed E-state index contributed by atoms with van der Waals surface area (Å²) in [6.07, 6.45) is 4.80. The zero-order valence-corrected chi connectivity index (χ0v) is 17.3. The first-order chi connectivity index (χ1) is 13.9. The largest absolute Gasteiger partial charge is 0.347 e. The lowest BCUT2D eigenvalue weighted by Gasteiger charge is -2.45. The number of nitrogens with one attached hydrogen (secondary N) is 1. The number of benzene rings is 1. The molecular weight excluding hydrogens is 366 g/mol. The minimum Gasteiger partial charge on any atom is -0.347 e. The molecule has 1 aromatic carbocycles. The van der Waals surface area contributed by atoms with E-state index in [-0.39, 0.29) is 23.8 Å². The molecule has 2 aromatic rings. The SMILES string of the molecule is CC(=O)N[C@@]12CN(C(C)=O)CC[C@@H]1[C@@H](c1ccccc1)N(Cc1cnn(C)c1)C2. The van der Waals surface area contributed by atoms with Gasteiger partial charge in [-0.3, -0.25) is 19.2 Å². The number of aryl methyl sites for hydroxylation is 1. The molecule has 7 heteroatoms. The molecule has 0 aliphatic carbocycles. The third kappa shape index (κ3) is 3.79. The molecule has 3 atom stereocenters. The lowest BCUT2D eigenvalue weighted by molar-refractivity contribution is -0.134. The minimum absolute atomic E-state index is 0.0459. The molecule has 1 N–H and O–H groups in total. The van der Waals surface area contributed by atoms with Crippen LogP contribution in [0, 0.1) is 5.92 Å². The Morgan fingerprint density at radius 1 is 1.21 bits per heavy atom. The molecule has 1 aromatic heterocycles. The van der Waals surface area contributed by atoms with E-state index < -0.39 is 5.54 Å². The first kappa shape index (κ1) is 19.6. The van der Waals surface area contributed by atoms with Gasteiger partial charge in [0.2, 0.25) is 11.8 Å². The Hall–Kier alpha value is -2.67. The lowest BCUT2D eigenvalue weighted by Crippen LogP contribution is -2.64. The van der Waals surface area contributed by atoms with E-state index in [4.69, 9.17) is 0 Å². The normalized spacial score (nSPS) is 26.9. The van der Waals surface area contributed by atoms with Gasteiger partial charge < -0.3 is 10.2 Å². The Morgan fingerprint density at radius 3 is 2.59 bits per heavy atom. The van der Waals surface area contributed by atoms with E-state index in [1.54, 1.807) is 13.8 Å². The average molecular weight is 396 g/mol. The van der Waals surface area contributed by atoms with Gasteiger partial charge in [-0.05, 0) is 12.0 Å². The Bertz CT molecular complexity index is 896. The number of amides is 2. The van der Waals surface area contributed by atoms with Gasteiger partial charge in [-0.25, -0.2) is 0 Å². The standard InChI is InChI=1S/C22H29N5O2/c1-16(28)24-22-14-26(17(2)29)10-9-20(22)21(19-7-5-4-6-8-19)27(15-22)13-18-11-23-25(3)12-18/h4-8,11-12,20-21H,9-10,13-15H2,1-3H3,(H,24,28)/t20-,21-,22-/m1/s1. The molecule has 0 radical (unpaired) electrons. The maximum Gasteiger partial charge on any atom is 0.219 e. The van der Waals surface area contributed by atoms with E-state index in [0.717, 1.165) is 25.1 Å². The van der Waals surface area contributed by atoms with Crippen LogP contribution in [0.2, 0.25) is 0 Å². The molecule has 0 bridgehead atoms. The molecule has 2 aliphatic rings. The first-order valence-corrected chi connectivity index (χ1v) is 10.2. The van der Waals surface area contributed by atoms with E-state index in [1.165, 1.54) is 5.56 Å². The van der Waals surface area contributed by atoms with Crippen LogP contribution in [0.15, 0.2) is 42.7 Å². The first-order valence-electron chi connectivity index (χ1n) is 10.2. The van der Waals surface area contributed by atoms with Crippen LogP contribution in [-0.4, -0.2) is 56.6 Å². The summed E-state index contributed by atoms with van der Waals surface area (Å²) in [7, 11) is 1.92. The maximum atomic E-state index is 12.2. The quantitative estimate of drug-likeness (QED) is 0.856. The molecule has 29 heavy (non-hydrogen) atoms. The number of carbonyl (C=O) groups excluding carboxylic acids is 2. The number of hydrogen-bond acceptors (Lipinski definition) is 4. The third-order valence-electron chi connectivity index (χ3n) is 6.31. The summed E-state index contributed by atoms with van der Waals surface area (Å²) in [6, 6.07) is 10.7. The molecular formula is C22H29N5O2. The van der Waals surface area contributed by atoms with Crippen molar-refractivity contribution in [2.24, 2.45) is 13.0 Å². The zero-order valence-electron chi connectivity index (χ0n) is 17.3. The summed E-state index contributed by atoms with van der Waals surface area (Å²) >= 11 is 0. The molecule has 154 valence electrons. The van der Waals surface area contributed by atoms with Crippen molar-refractivity contribution in [1.82, 2.24) is 24.9 Å². The van der Waals surface area contributed by atoms with Gasteiger partial charge in [-0.15, -0.1) is 0 Å². The van der Waals surface area contributed by atoms with Gasteiger partial charge in [0, 0.05) is 70.8 Å². The highest BCUT2D eigenvalue weighted by Crippen LogP contribution is 2.48. The maximum absolute atomic E-state index is 12.2. The second-order valence-corrected chi connectivity index (χ2v) is 8.46. The highest BCUT2D eigenvalue weighted by molar-refractivity contribution is 5.76. The molecule has 2 aliphatic heterocycles. The monoisotopic (exact) mass is 395 g/mol. The Balaban J connectivity index is 1.73. The van der Waals surface area contributed by atoms with Crippen LogP contribution in [0.4, 0.5) is 0 Å². The summed E-state index contributed by atoms with van der Waals surface area (Å²) < 4.78 is 1.82. The summed E-state index contributed by atoms with van der Waals surface area (Å²) in [5.41, 5.74) is 1.96. The molecule has 2 amide bonds. The van der Waals surface area contributed by atoms with Gasteiger partial charge in [-0.2, -0.15) is 5.10 Å². The molecule has 7 nitrogen and oxygen atoms in total. The van der Waals surface area contributed by atoms with E-state index in [1.807, 2.05) is 35.1 Å². The second-order valence-electron chi connectivity index (χ2n) is 8.46. The number of nitrogens with zero attached hydrogens (tertiary/aromatic N) is 4. The summed E-state index contributed by atoms with van der Waals surface area (Å²) in [4.78, 5) is 28.6. The highest BCUT2D eigenvalue weighted by atomic mass is 16.2. The van der Waals surface area contributed by atoms with Crippen molar-refractivity contribution in [3.05, 3.63) is 53.9 Å². The molecule has 0 saturated carbocycles. The van der Waals surface area contributed by atoms with Crippen LogP contribution in [0.5, 0.6) is 0 Å². The minimum atomic E-state index is -0.446. The molecule has 2 saturated heterocycles. The van der Waals surface area contributed by atoms with Gasteiger partial charge in [0.25, 0.3) is 0 Å². The van der Waals surface area contributed by atoms with Crippen LogP contribution in [0.25, 0.3) is 0 Å². The fourth-order valence-corrected chi connectivity index (χ4v) is 5.28. The van der Waals surface area contributed by atoms with Crippen molar-refractivity contribution in [3.63, 3.8) is 0 Å². The zero-order chi connectivity index (χ0) is 20.6. The number of hydrogen-bond donors (Lipinski definition) is 1. The van der Waals surface area contributed by atoms with Crippen LogP contribution in [0.1, 0.15) is 37.4 Å². The number of fused-ring (bicyclic) bond motifs is 1. The second kappa shape index (κ2) is 7.63. The Morgan fingerprint density at radius 2 is 1.97 bits per heavy atom. The fraction of sp³-hybridized carbons (Fsp3) is 0.500. The van der Waals surface area contributed by atoms with Crippen molar-refractivity contribution in [1.29, 1.82) is 0 Å². The van der Waals surface area contributed by atoms with Gasteiger partial charge in [0.15, 0.2) is 0 Å². The molecule has 0 unspecified atom stereocenters. The summed E-state index contributed by atoms with van der Waals surface area (Å²) in [6.45, 7) is 5.92. The topological polar surface area (TPSA) is 70.5 Å². The Labute approximate surface area is 171 Å². The van der Waals surface area contributed by atoms with Gasteiger partial charge in [0.1, 0.15) is 0 Å². The number of rotatable bonds is 4.